The van der Waals surface area contributed by atoms with Gasteiger partial charge < -0.3 is 5.32 Å². The summed E-state index contributed by atoms with van der Waals surface area (Å²) in [7, 11) is -3.99. The normalized spacial score (nSPS) is 13.9. The van der Waals surface area contributed by atoms with Crippen molar-refractivity contribution in [3.05, 3.63) is 47.5 Å². The third-order valence-electron chi connectivity index (χ3n) is 3.90. The third kappa shape index (κ3) is 4.27. The number of halogens is 1. The van der Waals surface area contributed by atoms with Gasteiger partial charge in [-0.2, -0.15) is 13.4 Å². The molecule has 2 aromatic rings. The van der Waals surface area contributed by atoms with E-state index in [1.54, 1.807) is 50.2 Å². The number of amides is 1. The molecule has 1 aliphatic heterocycles. The second kappa shape index (κ2) is 7.89. The molecule has 0 bridgehead atoms. The van der Waals surface area contributed by atoms with Crippen LogP contribution in [0.5, 0.6) is 0 Å². The van der Waals surface area contributed by atoms with Gasteiger partial charge in [-0.1, -0.05) is 43.6 Å². The van der Waals surface area contributed by atoms with Crippen molar-refractivity contribution in [2.75, 3.05) is 5.32 Å². The first kappa shape index (κ1) is 19.7. The topological polar surface area (TPSA) is 100.0 Å². The van der Waals surface area contributed by atoms with Crippen LogP contribution in [0.1, 0.15) is 13.8 Å². The number of rotatable bonds is 6. The summed E-state index contributed by atoms with van der Waals surface area (Å²) >= 11 is 7.00. The highest BCUT2D eigenvalue weighted by molar-refractivity contribution is 7.89. The first-order valence-corrected chi connectivity index (χ1v) is 10.7. The summed E-state index contributed by atoms with van der Waals surface area (Å²) in [5, 5.41) is 3.04. The molecule has 10 heteroatoms. The molecule has 0 unspecified atom stereocenters. The number of sulfonamides is 1. The molecule has 1 atom stereocenters. The van der Waals surface area contributed by atoms with Crippen molar-refractivity contribution in [2.24, 2.45) is 14.6 Å². The van der Waals surface area contributed by atoms with E-state index in [1.807, 2.05) is 0 Å². The summed E-state index contributed by atoms with van der Waals surface area (Å²) in [6.45, 7) is 3.51. The molecule has 0 spiro atoms. The van der Waals surface area contributed by atoms with Gasteiger partial charge in [-0.25, -0.2) is 8.42 Å². The fourth-order valence-corrected chi connectivity index (χ4v) is 4.79. The lowest BCUT2D eigenvalue weighted by Crippen LogP contribution is -2.47. The molecule has 0 aliphatic carbocycles. The number of anilines is 1. The van der Waals surface area contributed by atoms with E-state index in [0.29, 0.717) is 16.4 Å². The fraction of sp³-hybridized carbons (Fsp3) is 0.235. The van der Waals surface area contributed by atoms with E-state index in [2.05, 4.69) is 18.8 Å². The summed E-state index contributed by atoms with van der Waals surface area (Å²) in [4.78, 5) is 12.7. The second-order valence-corrected chi connectivity index (χ2v) is 8.82. The van der Waals surface area contributed by atoms with Crippen LogP contribution >= 0.6 is 11.6 Å². The largest absolute Gasteiger partial charge is 0.323 e. The number of para-hydroxylation sites is 1. The molecule has 3 rings (SSSR count). The van der Waals surface area contributed by atoms with Gasteiger partial charge in [0.25, 0.3) is 0 Å². The van der Waals surface area contributed by atoms with Crippen LogP contribution in [0, 0.1) is 5.92 Å². The van der Waals surface area contributed by atoms with E-state index < -0.39 is 22.0 Å². The monoisotopic (exact) mass is 424 g/mol. The Morgan fingerprint density at radius 3 is 2.56 bits per heavy atom. The maximum atomic E-state index is 12.9. The molecule has 142 valence electrons. The van der Waals surface area contributed by atoms with Crippen molar-refractivity contribution in [3.8, 4) is 0 Å². The van der Waals surface area contributed by atoms with Crippen molar-refractivity contribution in [1.82, 2.24) is 4.72 Å². The van der Waals surface area contributed by atoms with Crippen molar-refractivity contribution in [3.63, 3.8) is 0 Å². The molecular weight excluding hydrogens is 408 g/mol. The minimum Gasteiger partial charge on any atom is -0.323 e. The van der Waals surface area contributed by atoms with Gasteiger partial charge in [0.1, 0.15) is 22.3 Å². The molecule has 0 saturated heterocycles. The van der Waals surface area contributed by atoms with Gasteiger partial charge in [0.2, 0.25) is 15.9 Å². The number of nitrogens with zero attached hydrogens (tertiary/aromatic N) is 2. The number of fused-ring (bicyclic) bond motifs is 1. The van der Waals surface area contributed by atoms with Crippen LogP contribution in [-0.2, 0) is 26.2 Å². The highest BCUT2D eigenvalue weighted by Crippen LogP contribution is 2.37. The Morgan fingerprint density at radius 2 is 1.85 bits per heavy atom. The van der Waals surface area contributed by atoms with E-state index in [9.17, 15) is 13.2 Å². The van der Waals surface area contributed by atoms with Crippen LogP contribution in [0.4, 0.5) is 17.1 Å². The standard InChI is InChI=1S/C17H17ClN4O3S2/c1-10(2)15(17(23)19-12-7-4-3-6-11(12)18)22-27(24,25)14-9-5-8-13-16(14)21-26-20-13/h3-10,15,22H,1-2H3,(H,19,23)/t15-/m0/s1. The molecule has 7 nitrogen and oxygen atoms in total. The second-order valence-electron chi connectivity index (χ2n) is 6.20. The Labute approximate surface area is 166 Å². The minimum atomic E-state index is -3.99. The molecule has 1 amide bonds. The van der Waals surface area contributed by atoms with Crippen molar-refractivity contribution >= 4 is 55.9 Å². The summed E-state index contributed by atoms with van der Waals surface area (Å²) in [5.41, 5.74) is 1.19. The lowest BCUT2D eigenvalue weighted by atomic mass is 10.0. The molecule has 1 heterocycles. The highest BCUT2D eigenvalue weighted by atomic mass is 35.5. The van der Waals surface area contributed by atoms with Crippen LogP contribution < -0.4 is 10.0 Å². The lowest BCUT2D eigenvalue weighted by Gasteiger charge is -2.22. The maximum Gasteiger partial charge on any atom is 0.243 e. The van der Waals surface area contributed by atoms with E-state index >= 15 is 0 Å². The first-order valence-electron chi connectivity index (χ1n) is 8.08. The molecular formula is C17H17ClN4O3S2. The lowest BCUT2D eigenvalue weighted by molar-refractivity contribution is -0.118. The van der Waals surface area contributed by atoms with Gasteiger partial charge in [-0.05, 0) is 30.2 Å². The molecule has 0 aromatic heterocycles. The van der Waals surface area contributed by atoms with Gasteiger partial charge in [0.05, 0.1) is 22.1 Å². The van der Waals surface area contributed by atoms with Gasteiger partial charge in [-0.3, -0.25) is 4.79 Å². The Balaban J connectivity index is 1.86. The molecule has 0 saturated carbocycles. The first-order chi connectivity index (χ1) is 12.8. The summed E-state index contributed by atoms with van der Waals surface area (Å²) in [5.74, 6) is -0.791. The van der Waals surface area contributed by atoms with E-state index in [4.69, 9.17) is 11.6 Å². The third-order valence-corrected chi connectivity index (χ3v) is 6.25. The predicted octanol–water partition coefficient (Wildman–Crippen LogP) is 4.01. The smallest absolute Gasteiger partial charge is 0.243 e. The van der Waals surface area contributed by atoms with Crippen molar-refractivity contribution < 1.29 is 13.2 Å². The molecule has 1 aliphatic rings. The maximum absolute atomic E-state index is 12.9. The highest BCUT2D eigenvalue weighted by Gasteiger charge is 2.31. The zero-order chi connectivity index (χ0) is 19.6. The molecule has 2 N–H and O–H groups in total. The number of carbonyl (C=O) groups excluding carboxylic acids is 1. The number of nitrogens with one attached hydrogen (secondary N) is 2. The summed E-state index contributed by atoms with van der Waals surface area (Å²) in [6.07, 6.45) is 0. The Morgan fingerprint density at radius 1 is 1.11 bits per heavy atom. The van der Waals surface area contributed by atoms with E-state index in [0.717, 1.165) is 11.4 Å². The summed E-state index contributed by atoms with van der Waals surface area (Å²) in [6, 6.07) is 10.5. The van der Waals surface area contributed by atoms with Gasteiger partial charge >= 0.3 is 0 Å². The van der Waals surface area contributed by atoms with Crippen LogP contribution in [0.25, 0.3) is 0 Å². The van der Waals surface area contributed by atoms with Crippen LogP contribution in [-0.4, -0.2) is 20.4 Å². The van der Waals surface area contributed by atoms with Crippen LogP contribution in [0.15, 0.2) is 56.1 Å². The van der Waals surface area contributed by atoms with Crippen molar-refractivity contribution in [1.29, 1.82) is 0 Å². The van der Waals surface area contributed by atoms with Gasteiger partial charge in [-0.15, -0.1) is 0 Å². The van der Waals surface area contributed by atoms with Crippen LogP contribution in [0.2, 0.25) is 5.02 Å². The number of benzene rings is 2. The Hall–Kier alpha value is -2.07. The quantitative estimate of drug-likeness (QED) is 0.625. The Kier molecular flexibility index (Phi) is 5.75. The SMILES string of the molecule is CC(C)[C@H](NS(=O)(=O)c1cccc2c1N=S=N2)C(=O)Nc1ccccc1Cl. The summed E-state index contributed by atoms with van der Waals surface area (Å²) < 4.78 is 36.4. The van der Waals surface area contributed by atoms with Crippen molar-refractivity contribution in [2.45, 2.75) is 24.8 Å². The molecule has 0 fully saturated rings. The van der Waals surface area contributed by atoms with E-state index in [1.165, 1.54) is 6.07 Å². The fourth-order valence-electron chi connectivity index (χ4n) is 2.49. The number of hydrogen-bond acceptors (Lipinski definition) is 5. The average molecular weight is 425 g/mol. The molecule has 2 aromatic carbocycles. The Bertz CT molecular complexity index is 1060. The zero-order valence-electron chi connectivity index (χ0n) is 14.5. The zero-order valence-corrected chi connectivity index (χ0v) is 16.9. The predicted molar refractivity (Wildman–Crippen MR) is 107 cm³/mol. The molecule has 0 radical (unpaired) electrons. The van der Waals surface area contributed by atoms with Gasteiger partial charge in [0, 0.05) is 0 Å². The van der Waals surface area contributed by atoms with E-state index in [-0.39, 0.29) is 16.5 Å². The average Bonchev–Trinajstić information content (AvgIpc) is 3.10. The molecule has 27 heavy (non-hydrogen) atoms. The van der Waals surface area contributed by atoms with Crippen LogP contribution in [0.3, 0.4) is 0 Å². The van der Waals surface area contributed by atoms with Gasteiger partial charge in [0.15, 0.2) is 0 Å². The number of carbonyl (C=O) groups is 1. The number of hydrogen-bond donors (Lipinski definition) is 2. The minimum absolute atomic E-state index is 0.00931.